The van der Waals surface area contributed by atoms with Gasteiger partial charge in [-0.2, -0.15) is 0 Å². The molecule has 1 saturated carbocycles. The molecular weight excluding hydrogens is 382 g/mol. The van der Waals surface area contributed by atoms with Crippen LogP contribution in [0.2, 0.25) is 0 Å². The van der Waals surface area contributed by atoms with E-state index in [9.17, 15) is 9.59 Å². The van der Waals surface area contributed by atoms with E-state index in [2.05, 4.69) is 5.32 Å². The molecule has 6 heteroatoms. The SMILES string of the molecule is CC(C)(C)OC(=O)NC1CC(OCc2ccccc2)CC1OC(=O)c1ccccc1. The average Bonchev–Trinajstić information content (AvgIpc) is 3.07. The second-order valence-corrected chi connectivity index (χ2v) is 8.45. The minimum Gasteiger partial charge on any atom is -0.456 e. The van der Waals surface area contributed by atoms with Gasteiger partial charge in [0.15, 0.2) is 0 Å². The Hall–Kier alpha value is -2.86. The number of benzene rings is 2. The lowest BCUT2D eigenvalue weighted by molar-refractivity contribution is 0.0114. The maximum atomic E-state index is 12.5. The molecule has 6 nitrogen and oxygen atoms in total. The van der Waals surface area contributed by atoms with Crippen LogP contribution in [0.1, 0.15) is 49.5 Å². The van der Waals surface area contributed by atoms with E-state index < -0.39 is 23.8 Å². The number of amides is 1. The summed E-state index contributed by atoms with van der Waals surface area (Å²) in [5.74, 6) is -0.416. The second-order valence-electron chi connectivity index (χ2n) is 8.45. The Bertz CT molecular complexity index is 832. The van der Waals surface area contributed by atoms with E-state index in [-0.39, 0.29) is 12.1 Å². The van der Waals surface area contributed by atoms with Gasteiger partial charge in [0.2, 0.25) is 0 Å². The highest BCUT2D eigenvalue weighted by Crippen LogP contribution is 2.27. The summed E-state index contributed by atoms with van der Waals surface area (Å²) in [5.41, 5.74) is 0.934. The topological polar surface area (TPSA) is 73.9 Å². The summed E-state index contributed by atoms with van der Waals surface area (Å²) < 4.78 is 17.1. The molecule has 3 rings (SSSR count). The lowest BCUT2D eigenvalue weighted by atomic mass is 10.2. The van der Waals surface area contributed by atoms with Gasteiger partial charge in [0.05, 0.1) is 24.3 Å². The maximum absolute atomic E-state index is 12.5. The van der Waals surface area contributed by atoms with Crippen LogP contribution in [-0.2, 0) is 20.8 Å². The first kappa shape index (κ1) is 21.8. The molecule has 3 unspecified atom stereocenters. The first-order valence-corrected chi connectivity index (χ1v) is 10.2. The van der Waals surface area contributed by atoms with Gasteiger partial charge in [-0.25, -0.2) is 9.59 Å². The minimum atomic E-state index is -0.609. The normalized spacial score (nSPS) is 21.1. The Morgan fingerprint density at radius 3 is 2.23 bits per heavy atom. The predicted molar refractivity (Wildman–Crippen MR) is 113 cm³/mol. The Labute approximate surface area is 177 Å². The van der Waals surface area contributed by atoms with Crippen molar-refractivity contribution in [2.45, 2.75) is 64.1 Å². The molecule has 30 heavy (non-hydrogen) atoms. The quantitative estimate of drug-likeness (QED) is 0.709. The molecule has 160 valence electrons. The molecule has 1 fully saturated rings. The van der Waals surface area contributed by atoms with Crippen LogP contribution in [0.3, 0.4) is 0 Å². The van der Waals surface area contributed by atoms with Gasteiger partial charge in [0.25, 0.3) is 0 Å². The number of nitrogens with one attached hydrogen (secondary N) is 1. The standard InChI is InChI=1S/C24H29NO5/c1-24(2,3)30-23(27)25-20-14-19(28-16-17-10-6-4-7-11-17)15-21(20)29-22(26)18-12-8-5-9-13-18/h4-13,19-21H,14-16H2,1-3H3,(H,25,27). The highest BCUT2D eigenvalue weighted by atomic mass is 16.6. The fraction of sp³-hybridized carbons (Fsp3) is 0.417. The minimum absolute atomic E-state index is 0.140. The molecule has 0 saturated heterocycles. The monoisotopic (exact) mass is 411 g/mol. The Morgan fingerprint density at radius 2 is 1.60 bits per heavy atom. The number of carbonyl (C=O) groups is 2. The van der Waals surface area contributed by atoms with Crippen molar-refractivity contribution in [2.24, 2.45) is 0 Å². The van der Waals surface area contributed by atoms with Crippen molar-refractivity contribution in [2.75, 3.05) is 0 Å². The molecule has 0 heterocycles. The van der Waals surface area contributed by atoms with E-state index in [1.165, 1.54) is 0 Å². The van der Waals surface area contributed by atoms with E-state index in [1.807, 2.05) is 36.4 Å². The number of rotatable bonds is 6. The van der Waals surface area contributed by atoms with Crippen LogP contribution in [0, 0.1) is 0 Å². The third-order valence-corrected chi connectivity index (χ3v) is 4.76. The molecule has 2 aromatic carbocycles. The third-order valence-electron chi connectivity index (χ3n) is 4.76. The van der Waals surface area contributed by atoms with Crippen LogP contribution in [0.25, 0.3) is 0 Å². The molecular formula is C24H29NO5. The maximum Gasteiger partial charge on any atom is 0.408 e. The average molecular weight is 411 g/mol. The van der Waals surface area contributed by atoms with Crippen molar-refractivity contribution in [1.82, 2.24) is 5.32 Å². The lowest BCUT2D eigenvalue weighted by Crippen LogP contribution is -2.44. The Morgan fingerprint density at radius 1 is 0.967 bits per heavy atom. The first-order valence-electron chi connectivity index (χ1n) is 10.2. The largest absolute Gasteiger partial charge is 0.456 e. The van der Waals surface area contributed by atoms with E-state index in [0.717, 1.165) is 5.56 Å². The third kappa shape index (κ3) is 6.59. The molecule has 1 aliphatic carbocycles. The van der Waals surface area contributed by atoms with Gasteiger partial charge in [-0.15, -0.1) is 0 Å². The first-order chi connectivity index (χ1) is 14.3. The van der Waals surface area contributed by atoms with Crippen LogP contribution in [0.15, 0.2) is 60.7 Å². The van der Waals surface area contributed by atoms with Gasteiger partial charge < -0.3 is 19.5 Å². The number of ether oxygens (including phenoxy) is 3. The molecule has 0 aliphatic heterocycles. The second kappa shape index (κ2) is 9.76. The summed E-state index contributed by atoms with van der Waals surface area (Å²) in [7, 11) is 0. The summed E-state index contributed by atoms with van der Waals surface area (Å²) >= 11 is 0. The number of hydrogen-bond donors (Lipinski definition) is 1. The lowest BCUT2D eigenvalue weighted by Gasteiger charge is -2.24. The van der Waals surface area contributed by atoms with Crippen molar-refractivity contribution >= 4 is 12.1 Å². The van der Waals surface area contributed by atoms with Crippen LogP contribution in [0.4, 0.5) is 4.79 Å². The highest BCUT2D eigenvalue weighted by Gasteiger charge is 2.39. The highest BCUT2D eigenvalue weighted by molar-refractivity contribution is 5.89. The number of carbonyl (C=O) groups excluding carboxylic acids is 2. The van der Waals surface area contributed by atoms with Crippen molar-refractivity contribution in [3.8, 4) is 0 Å². The van der Waals surface area contributed by atoms with Gasteiger partial charge in [0.1, 0.15) is 11.7 Å². The smallest absolute Gasteiger partial charge is 0.408 e. The number of alkyl carbamates (subject to hydrolysis) is 1. The number of esters is 1. The van der Waals surface area contributed by atoms with Gasteiger partial charge in [-0.1, -0.05) is 48.5 Å². The van der Waals surface area contributed by atoms with Gasteiger partial charge >= 0.3 is 12.1 Å². The number of hydrogen-bond acceptors (Lipinski definition) is 5. The van der Waals surface area contributed by atoms with Gasteiger partial charge in [-0.05, 0) is 44.9 Å². The van der Waals surface area contributed by atoms with Gasteiger partial charge in [-0.3, -0.25) is 0 Å². The summed E-state index contributed by atoms with van der Waals surface area (Å²) in [4.78, 5) is 24.8. The molecule has 0 spiro atoms. The van der Waals surface area contributed by atoms with E-state index in [0.29, 0.717) is 25.0 Å². The zero-order valence-electron chi connectivity index (χ0n) is 17.7. The van der Waals surface area contributed by atoms with E-state index >= 15 is 0 Å². The predicted octanol–water partition coefficient (Wildman–Crippen LogP) is 4.48. The van der Waals surface area contributed by atoms with Crippen LogP contribution in [0.5, 0.6) is 0 Å². The summed E-state index contributed by atoms with van der Waals surface area (Å²) in [6, 6.07) is 18.3. The van der Waals surface area contributed by atoms with E-state index in [4.69, 9.17) is 14.2 Å². The van der Waals surface area contributed by atoms with Crippen LogP contribution >= 0.6 is 0 Å². The van der Waals surface area contributed by atoms with Crippen molar-refractivity contribution in [1.29, 1.82) is 0 Å². The van der Waals surface area contributed by atoms with Crippen LogP contribution < -0.4 is 5.32 Å². The summed E-state index contributed by atoms with van der Waals surface area (Å²) in [6.45, 7) is 5.88. The van der Waals surface area contributed by atoms with Crippen molar-refractivity contribution < 1.29 is 23.8 Å². The molecule has 0 bridgehead atoms. The molecule has 3 atom stereocenters. The molecule has 1 N–H and O–H groups in total. The summed E-state index contributed by atoms with van der Waals surface area (Å²) in [6.07, 6.45) is -0.119. The fourth-order valence-electron chi connectivity index (χ4n) is 3.40. The Balaban J connectivity index is 1.64. The van der Waals surface area contributed by atoms with Crippen LogP contribution in [-0.4, -0.2) is 35.9 Å². The summed E-state index contributed by atoms with van der Waals surface area (Å²) in [5, 5.41) is 2.85. The molecule has 1 amide bonds. The fourth-order valence-corrected chi connectivity index (χ4v) is 3.40. The molecule has 0 radical (unpaired) electrons. The Kier molecular flexibility index (Phi) is 7.11. The van der Waals surface area contributed by atoms with Crippen molar-refractivity contribution in [3.05, 3.63) is 71.8 Å². The van der Waals surface area contributed by atoms with Crippen molar-refractivity contribution in [3.63, 3.8) is 0 Å². The zero-order valence-corrected chi connectivity index (χ0v) is 17.7. The van der Waals surface area contributed by atoms with Gasteiger partial charge in [0, 0.05) is 6.42 Å². The van der Waals surface area contributed by atoms with E-state index in [1.54, 1.807) is 45.0 Å². The molecule has 2 aromatic rings. The zero-order chi connectivity index (χ0) is 21.6. The molecule has 0 aromatic heterocycles. The molecule has 1 aliphatic rings.